The average Bonchev–Trinajstić information content (AvgIpc) is 3.01. The second-order valence-corrected chi connectivity index (χ2v) is 7.25. The molecule has 1 fully saturated rings. The van der Waals surface area contributed by atoms with Gasteiger partial charge in [-0.25, -0.2) is 9.97 Å². The predicted octanol–water partition coefficient (Wildman–Crippen LogP) is 1.36. The molecule has 0 spiro atoms. The Morgan fingerprint density at radius 3 is 2.85 bits per heavy atom. The minimum absolute atomic E-state index is 0.395. The molecular formula is C18H22N8. The molecule has 1 aliphatic carbocycles. The number of hydrogen-bond donors (Lipinski definition) is 0. The molecule has 0 amide bonds. The topological polar surface area (TPSA) is 75.9 Å². The summed E-state index contributed by atoms with van der Waals surface area (Å²) in [4.78, 5) is 13.3. The standard InChI is InChI=1S/C18H22N8/c1-24(17-14-8-21-25(2)18(14)20-11-19-17)13-9-26(10-13)16-7-12-5-3-4-6-15(12)22-23-16/h7-8,11,13H,3-6,9-10H2,1-2H3. The molecule has 26 heavy (non-hydrogen) atoms. The third-order valence-electron chi connectivity index (χ3n) is 5.63. The maximum absolute atomic E-state index is 4.49. The minimum atomic E-state index is 0.395. The van der Waals surface area contributed by atoms with E-state index in [2.05, 4.69) is 48.2 Å². The van der Waals surface area contributed by atoms with E-state index in [4.69, 9.17) is 0 Å². The van der Waals surface area contributed by atoms with Gasteiger partial charge in [0.15, 0.2) is 11.5 Å². The summed E-state index contributed by atoms with van der Waals surface area (Å²) in [6.45, 7) is 1.85. The fourth-order valence-electron chi connectivity index (χ4n) is 3.92. The molecule has 2 aliphatic rings. The zero-order valence-electron chi connectivity index (χ0n) is 15.1. The fourth-order valence-corrected chi connectivity index (χ4v) is 3.92. The molecule has 0 radical (unpaired) electrons. The van der Waals surface area contributed by atoms with Crippen molar-refractivity contribution in [3.05, 3.63) is 29.8 Å². The van der Waals surface area contributed by atoms with Gasteiger partial charge >= 0.3 is 0 Å². The molecule has 3 aromatic heterocycles. The number of hydrogen-bond acceptors (Lipinski definition) is 7. The fraction of sp³-hybridized carbons (Fsp3) is 0.500. The smallest absolute Gasteiger partial charge is 0.163 e. The van der Waals surface area contributed by atoms with Crippen LogP contribution in [0.1, 0.15) is 24.1 Å². The lowest BCUT2D eigenvalue weighted by molar-refractivity contribution is 0.487. The van der Waals surface area contributed by atoms with Crippen molar-refractivity contribution < 1.29 is 0 Å². The highest BCUT2D eigenvalue weighted by Gasteiger charge is 2.33. The summed E-state index contributed by atoms with van der Waals surface area (Å²) in [5.74, 6) is 1.94. The number of aromatic nitrogens is 6. The third kappa shape index (κ3) is 2.40. The molecule has 0 bridgehead atoms. The predicted molar refractivity (Wildman–Crippen MR) is 99.4 cm³/mol. The lowest BCUT2D eigenvalue weighted by Crippen LogP contribution is -2.59. The minimum Gasteiger partial charge on any atom is -0.352 e. The second kappa shape index (κ2) is 5.89. The van der Waals surface area contributed by atoms with Gasteiger partial charge in [0.1, 0.15) is 12.1 Å². The van der Waals surface area contributed by atoms with Crippen molar-refractivity contribution in [2.45, 2.75) is 31.7 Å². The maximum atomic E-state index is 4.49. The first-order valence-electron chi connectivity index (χ1n) is 9.16. The van der Waals surface area contributed by atoms with E-state index in [0.29, 0.717) is 6.04 Å². The third-order valence-corrected chi connectivity index (χ3v) is 5.63. The number of aryl methyl sites for hydroxylation is 3. The highest BCUT2D eigenvalue weighted by molar-refractivity contribution is 5.86. The van der Waals surface area contributed by atoms with Crippen LogP contribution in [-0.2, 0) is 19.9 Å². The number of rotatable bonds is 3. The van der Waals surface area contributed by atoms with Crippen molar-refractivity contribution in [2.24, 2.45) is 7.05 Å². The van der Waals surface area contributed by atoms with E-state index in [1.165, 1.54) is 24.1 Å². The second-order valence-electron chi connectivity index (χ2n) is 7.25. The van der Waals surface area contributed by atoms with Crippen molar-refractivity contribution in [2.75, 3.05) is 29.9 Å². The molecule has 1 saturated heterocycles. The van der Waals surface area contributed by atoms with Crippen molar-refractivity contribution in [1.82, 2.24) is 29.9 Å². The largest absolute Gasteiger partial charge is 0.352 e. The van der Waals surface area contributed by atoms with Crippen molar-refractivity contribution in [1.29, 1.82) is 0 Å². The van der Waals surface area contributed by atoms with Gasteiger partial charge in [-0.15, -0.1) is 5.10 Å². The highest BCUT2D eigenvalue weighted by Crippen LogP contribution is 2.29. The Morgan fingerprint density at radius 1 is 1.12 bits per heavy atom. The average molecular weight is 350 g/mol. The monoisotopic (exact) mass is 350 g/mol. The zero-order chi connectivity index (χ0) is 17.7. The van der Waals surface area contributed by atoms with E-state index >= 15 is 0 Å². The van der Waals surface area contributed by atoms with Crippen molar-refractivity contribution >= 4 is 22.7 Å². The van der Waals surface area contributed by atoms with Crippen molar-refractivity contribution in [3.63, 3.8) is 0 Å². The van der Waals surface area contributed by atoms with Crippen LogP contribution in [-0.4, -0.2) is 56.1 Å². The molecular weight excluding hydrogens is 328 g/mol. The molecule has 0 N–H and O–H groups in total. The van der Waals surface area contributed by atoms with Gasteiger partial charge in [-0.2, -0.15) is 10.2 Å². The van der Waals surface area contributed by atoms with Crippen LogP contribution in [0.15, 0.2) is 18.6 Å². The van der Waals surface area contributed by atoms with Gasteiger partial charge in [0.2, 0.25) is 0 Å². The number of nitrogens with zero attached hydrogens (tertiary/aromatic N) is 8. The Bertz CT molecular complexity index is 959. The van der Waals surface area contributed by atoms with Gasteiger partial charge in [-0.1, -0.05) is 0 Å². The van der Waals surface area contributed by atoms with Crippen LogP contribution in [0.3, 0.4) is 0 Å². The molecule has 4 heterocycles. The van der Waals surface area contributed by atoms with Gasteiger partial charge in [-0.3, -0.25) is 4.68 Å². The molecule has 0 aromatic carbocycles. The van der Waals surface area contributed by atoms with Gasteiger partial charge in [0.05, 0.1) is 23.3 Å². The Balaban J connectivity index is 1.33. The van der Waals surface area contributed by atoms with Gasteiger partial charge in [0.25, 0.3) is 0 Å². The number of likely N-dealkylation sites (N-methyl/N-ethyl adjacent to an activating group) is 1. The van der Waals surface area contributed by atoms with E-state index in [1.807, 2.05) is 13.2 Å². The number of anilines is 2. The van der Waals surface area contributed by atoms with E-state index in [-0.39, 0.29) is 0 Å². The van der Waals surface area contributed by atoms with Crippen LogP contribution < -0.4 is 9.80 Å². The van der Waals surface area contributed by atoms with E-state index in [1.54, 1.807) is 11.0 Å². The van der Waals surface area contributed by atoms with Crippen LogP contribution >= 0.6 is 0 Å². The van der Waals surface area contributed by atoms with Crippen LogP contribution in [0.5, 0.6) is 0 Å². The van der Waals surface area contributed by atoms with E-state index in [0.717, 1.165) is 48.6 Å². The van der Waals surface area contributed by atoms with Gasteiger partial charge < -0.3 is 9.80 Å². The molecule has 0 unspecified atom stereocenters. The van der Waals surface area contributed by atoms with Crippen LogP contribution in [0, 0.1) is 0 Å². The zero-order valence-corrected chi connectivity index (χ0v) is 15.1. The highest BCUT2D eigenvalue weighted by atomic mass is 15.4. The summed E-state index contributed by atoms with van der Waals surface area (Å²) in [5.41, 5.74) is 3.43. The van der Waals surface area contributed by atoms with E-state index < -0.39 is 0 Å². The Labute approximate surface area is 151 Å². The summed E-state index contributed by atoms with van der Waals surface area (Å²) >= 11 is 0. The molecule has 134 valence electrons. The summed E-state index contributed by atoms with van der Waals surface area (Å²) in [6.07, 6.45) is 8.16. The van der Waals surface area contributed by atoms with Gasteiger partial charge in [0, 0.05) is 27.2 Å². The quantitative estimate of drug-likeness (QED) is 0.706. The Kier molecular flexibility index (Phi) is 3.51. The summed E-state index contributed by atoms with van der Waals surface area (Å²) < 4.78 is 1.78. The first kappa shape index (κ1) is 15.5. The summed E-state index contributed by atoms with van der Waals surface area (Å²) in [5, 5.41) is 14.2. The van der Waals surface area contributed by atoms with Crippen LogP contribution in [0.4, 0.5) is 11.6 Å². The lowest BCUT2D eigenvalue weighted by atomic mass is 9.96. The first-order valence-corrected chi connectivity index (χ1v) is 9.16. The molecule has 0 atom stereocenters. The van der Waals surface area contributed by atoms with Crippen molar-refractivity contribution in [3.8, 4) is 0 Å². The Hall–Kier alpha value is -2.77. The SMILES string of the molecule is CN(c1ncnc2c1cnn2C)C1CN(c2cc3c(nn2)CCCC3)C1. The summed E-state index contributed by atoms with van der Waals surface area (Å²) in [7, 11) is 3.99. The maximum Gasteiger partial charge on any atom is 0.163 e. The van der Waals surface area contributed by atoms with Crippen LogP contribution in [0.25, 0.3) is 11.0 Å². The first-order chi connectivity index (χ1) is 12.7. The molecule has 5 rings (SSSR count). The molecule has 8 heteroatoms. The van der Waals surface area contributed by atoms with Crippen LogP contribution in [0.2, 0.25) is 0 Å². The van der Waals surface area contributed by atoms with Gasteiger partial charge in [-0.05, 0) is 37.3 Å². The number of fused-ring (bicyclic) bond motifs is 2. The molecule has 8 nitrogen and oxygen atoms in total. The summed E-state index contributed by atoms with van der Waals surface area (Å²) in [6, 6.07) is 2.63. The molecule has 1 aliphatic heterocycles. The Morgan fingerprint density at radius 2 is 1.96 bits per heavy atom. The normalized spacial score (nSPS) is 17.2. The lowest BCUT2D eigenvalue weighted by Gasteiger charge is -2.45. The van der Waals surface area contributed by atoms with E-state index in [9.17, 15) is 0 Å². The molecule has 0 saturated carbocycles. The molecule has 3 aromatic rings.